The maximum absolute atomic E-state index is 12.2. The summed E-state index contributed by atoms with van der Waals surface area (Å²) in [5, 5.41) is 3.61. The second kappa shape index (κ2) is 5.73. The number of nitrogens with two attached hydrogens (primary N) is 1. The van der Waals surface area contributed by atoms with E-state index < -0.39 is 0 Å². The van der Waals surface area contributed by atoms with Crippen molar-refractivity contribution < 1.29 is 4.79 Å². The average Bonchev–Trinajstić information content (AvgIpc) is 2.38. The Morgan fingerprint density at radius 1 is 1.10 bits per heavy atom. The molecule has 0 radical (unpaired) electrons. The van der Waals surface area contributed by atoms with Gasteiger partial charge in [0.2, 0.25) is 0 Å². The summed E-state index contributed by atoms with van der Waals surface area (Å²) in [6.07, 6.45) is 0. The zero-order valence-electron chi connectivity index (χ0n) is 11.1. The summed E-state index contributed by atoms with van der Waals surface area (Å²) >= 11 is 11.9. The van der Waals surface area contributed by atoms with E-state index >= 15 is 0 Å². The van der Waals surface area contributed by atoms with Crippen molar-refractivity contribution in [3.05, 3.63) is 57.1 Å². The maximum Gasteiger partial charge on any atom is 0.257 e. The van der Waals surface area contributed by atoms with Gasteiger partial charge in [-0.2, -0.15) is 0 Å². The predicted molar refractivity (Wildman–Crippen MR) is 84.7 cm³/mol. The van der Waals surface area contributed by atoms with E-state index in [1.54, 1.807) is 18.2 Å². The van der Waals surface area contributed by atoms with Crippen LogP contribution in [0.5, 0.6) is 0 Å². The molecule has 20 heavy (non-hydrogen) atoms. The molecule has 0 heterocycles. The van der Waals surface area contributed by atoms with Gasteiger partial charge < -0.3 is 11.1 Å². The molecule has 0 saturated carbocycles. The first kappa shape index (κ1) is 14.7. The monoisotopic (exact) mass is 308 g/mol. The second-order valence-electron chi connectivity index (χ2n) is 4.60. The highest BCUT2D eigenvalue weighted by Crippen LogP contribution is 2.25. The normalized spacial score (nSPS) is 10.4. The number of rotatable bonds is 2. The Balaban J connectivity index is 2.32. The molecule has 2 aromatic carbocycles. The smallest absolute Gasteiger partial charge is 0.257 e. The second-order valence-corrected chi connectivity index (χ2v) is 5.45. The van der Waals surface area contributed by atoms with E-state index in [4.69, 9.17) is 28.9 Å². The summed E-state index contributed by atoms with van der Waals surface area (Å²) in [4.78, 5) is 12.2. The number of amides is 1. The lowest BCUT2D eigenvalue weighted by Gasteiger charge is -2.12. The number of carbonyl (C=O) groups excluding carboxylic acids is 1. The molecule has 104 valence electrons. The Morgan fingerprint density at radius 3 is 2.50 bits per heavy atom. The number of hydrogen-bond donors (Lipinski definition) is 2. The van der Waals surface area contributed by atoms with Crippen LogP contribution in [-0.2, 0) is 0 Å². The van der Waals surface area contributed by atoms with Crippen LogP contribution in [-0.4, -0.2) is 5.91 Å². The summed E-state index contributed by atoms with van der Waals surface area (Å²) in [5.41, 5.74) is 9.39. The number of carbonyl (C=O) groups is 1. The fourth-order valence-electron chi connectivity index (χ4n) is 1.86. The Kier molecular flexibility index (Phi) is 4.21. The van der Waals surface area contributed by atoms with Gasteiger partial charge in [-0.1, -0.05) is 29.3 Å². The topological polar surface area (TPSA) is 55.1 Å². The molecule has 0 bridgehead atoms. The minimum absolute atomic E-state index is 0.316. The van der Waals surface area contributed by atoms with Crippen molar-refractivity contribution >= 4 is 40.5 Å². The molecule has 2 aromatic rings. The van der Waals surface area contributed by atoms with Gasteiger partial charge >= 0.3 is 0 Å². The van der Waals surface area contributed by atoms with E-state index in [0.29, 0.717) is 27.0 Å². The van der Waals surface area contributed by atoms with Crippen LogP contribution in [0.4, 0.5) is 11.4 Å². The standard InChI is InChI=1S/C15H14Cl2N2O/c1-8-5-9(2)14(7-13(8)18)19-15(20)11-6-10(16)3-4-12(11)17/h3-7H,18H2,1-2H3,(H,19,20). The molecule has 0 aliphatic rings. The highest BCUT2D eigenvalue weighted by Gasteiger charge is 2.13. The van der Waals surface area contributed by atoms with Gasteiger partial charge in [-0.3, -0.25) is 4.79 Å². The molecule has 1 amide bonds. The fourth-order valence-corrected chi connectivity index (χ4v) is 2.24. The van der Waals surface area contributed by atoms with Crippen molar-refractivity contribution in [2.45, 2.75) is 13.8 Å². The van der Waals surface area contributed by atoms with Crippen LogP contribution in [0.2, 0.25) is 10.0 Å². The van der Waals surface area contributed by atoms with Gasteiger partial charge in [0, 0.05) is 16.4 Å². The number of halogens is 2. The number of benzene rings is 2. The summed E-state index contributed by atoms with van der Waals surface area (Å²) in [7, 11) is 0. The van der Waals surface area contributed by atoms with Gasteiger partial charge in [-0.25, -0.2) is 0 Å². The lowest BCUT2D eigenvalue weighted by atomic mass is 10.1. The first-order chi connectivity index (χ1) is 9.38. The zero-order valence-corrected chi connectivity index (χ0v) is 12.6. The molecule has 0 atom stereocenters. The first-order valence-electron chi connectivity index (χ1n) is 6.01. The van der Waals surface area contributed by atoms with Crippen LogP contribution in [0.25, 0.3) is 0 Å². The number of nitrogens with one attached hydrogen (secondary N) is 1. The maximum atomic E-state index is 12.2. The Labute approximate surface area is 127 Å². The first-order valence-corrected chi connectivity index (χ1v) is 6.77. The average molecular weight is 309 g/mol. The number of aryl methyl sites for hydroxylation is 2. The molecule has 0 aliphatic heterocycles. The largest absolute Gasteiger partial charge is 0.398 e. The number of hydrogen-bond acceptors (Lipinski definition) is 2. The van der Waals surface area contributed by atoms with E-state index in [-0.39, 0.29) is 5.91 Å². The minimum Gasteiger partial charge on any atom is -0.398 e. The molecular weight excluding hydrogens is 295 g/mol. The van der Waals surface area contributed by atoms with Crippen LogP contribution in [0, 0.1) is 13.8 Å². The van der Waals surface area contributed by atoms with Crippen LogP contribution in [0.3, 0.4) is 0 Å². The SMILES string of the molecule is Cc1cc(C)c(NC(=O)c2cc(Cl)ccc2Cl)cc1N. The van der Waals surface area contributed by atoms with Crippen molar-refractivity contribution in [3.8, 4) is 0 Å². The predicted octanol–water partition coefficient (Wildman–Crippen LogP) is 4.44. The third-order valence-corrected chi connectivity index (χ3v) is 3.60. The van der Waals surface area contributed by atoms with Gasteiger partial charge in [0.25, 0.3) is 5.91 Å². The zero-order chi connectivity index (χ0) is 14.9. The molecule has 3 N–H and O–H groups in total. The van der Waals surface area contributed by atoms with Gasteiger partial charge in [0.1, 0.15) is 0 Å². The molecule has 5 heteroatoms. The molecule has 0 spiro atoms. The van der Waals surface area contributed by atoms with Crippen LogP contribution in [0.15, 0.2) is 30.3 Å². The molecule has 0 saturated heterocycles. The summed E-state index contributed by atoms with van der Waals surface area (Å²) in [6.45, 7) is 3.82. The summed E-state index contributed by atoms with van der Waals surface area (Å²) in [5.74, 6) is -0.316. The quantitative estimate of drug-likeness (QED) is 0.806. The van der Waals surface area contributed by atoms with Crippen LogP contribution >= 0.6 is 23.2 Å². The van der Waals surface area contributed by atoms with E-state index in [1.165, 1.54) is 6.07 Å². The molecular formula is C15H14Cl2N2O. The third-order valence-electron chi connectivity index (χ3n) is 3.03. The Hall–Kier alpha value is -1.71. The van der Waals surface area contributed by atoms with E-state index in [1.807, 2.05) is 19.9 Å². The number of nitrogen functional groups attached to an aromatic ring is 1. The lowest BCUT2D eigenvalue weighted by molar-refractivity contribution is 0.102. The van der Waals surface area contributed by atoms with Crippen molar-refractivity contribution in [3.63, 3.8) is 0 Å². The Bertz CT molecular complexity index is 684. The highest BCUT2D eigenvalue weighted by atomic mass is 35.5. The van der Waals surface area contributed by atoms with Crippen molar-refractivity contribution in [1.82, 2.24) is 0 Å². The van der Waals surface area contributed by atoms with Crippen molar-refractivity contribution in [1.29, 1.82) is 0 Å². The fraction of sp³-hybridized carbons (Fsp3) is 0.133. The van der Waals surface area contributed by atoms with Gasteiger partial charge in [-0.05, 0) is 49.2 Å². The lowest BCUT2D eigenvalue weighted by Crippen LogP contribution is -2.13. The highest BCUT2D eigenvalue weighted by molar-refractivity contribution is 6.36. The molecule has 2 rings (SSSR count). The van der Waals surface area contributed by atoms with Crippen molar-refractivity contribution in [2.75, 3.05) is 11.1 Å². The molecule has 0 aliphatic carbocycles. The molecule has 0 unspecified atom stereocenters. The Morgan fingerprint density at radius 2 is 1.80 bits per heavy atom. The minimum atomic E-state index is -0.316. The van der Waals surface area contributed by atoms with E-state index in [9.17, 15) is 4.79 Å². The van der Waals surface area contributed by atoms with Gasteiger partial charge in [0.05, 0.1) is 10.6 Å². The van der Waals surface area contributed by atoms with Gasteiger partial charge in [-0.15, -0.1) is 0 Å². The van der Waals surface area contributed by atoms with E-state index in [0.717, 1.165) is 11.1 Å². The molecule has 3 nitrogen and oxygen atoms in total. The third kappa shape index (κ3) is 3.06. The summed E-state index contributed by atoms with van der Waals surface area (Å²) < 4.78 is 0. The summed E-state index contributed by atoms with van der Waals surface area (Å²) in [6, 6.07) is 8.42. The van der Waals surface area contributed by atoms with Gasteiger partial charge in [0.15, 0.2) is 0 Å². The van der Waals surface area contributed by atoms with Crippen LogP contribution in [0.1, 0.15) is 21.5 Å². The van der Waals surface area contributed by atoms with E-state index in [2.05, 4.69) is 5.32 Å². The number of anilines is 2. The van der Waals surface area contributed by atoms with Crippen LogP contribution < -0.4 is 11.1 Å². The van der Waals surface area contributed by atoms with Crippen molar-refractivity contribution in [2.24, 2.45) is 0 Å². The molecule has 0 fully saturated rings. The molecule has 0 aromatic heterocycles.